The number of rotatable bonds is 2. The maximum Gasteiger partial charge on any atom is 0.331 e. The summed E-state index contributed by atoms with van der Waals surface area (Å²) < 4.78 is 5.18. The molecule has 0 aromatic carbocycles. The van der Waals surface area contributed by atoms with Crippen molar-refractivity contribution in [2.75, 3.05) is 6.61 Å². The van der Waals surface area contributed by atoms with Gasteiger partial charge in [0.15, 0.2) is 0 Å². The fraction of sp³-hybridized carbons (Fsp3) is 0.739. The van der Waals surface area contributed by atoms with Crippen LogP contribution in [0.2, 0.25) is 0 Å². The zero-order valence-corrected chi connectivity index (χ0v) is 17.0. The summed E-state index contributed by atoms with van der Waals surface area (Å²) in [4.78, 5) is 11.7. The Morgan fingerprint density at radius 1 is 1.17 bits per heavy atom. The highest BCUT2D eigenvalue weighted by molar-refractivity contribution is 5.85. The highest BCUT2D eigenvalue weighted by atomic mass is 16.5. The first-order valence-electron chi connectivity index (χ1n) is 11.0. The topological polar surface area (TPSA) is 99.4 Å². The minimum Gasteiger partial charge on any atom is -0.458 e. The molecule has 0 spiro atoms. The van der Waals surface area contributed by atoms with Crippen molar-refractivity contribution < 1.29 is 25.0 Å². The zero-order chi connectivity index (χ0) is 20.4. The predicted octanol–water partition coefficient (Wildman–Crippen LogP) is 2.96. The number of oxime groups is 1. The fourth-order valence-corrected chi connectivity index (χ4v) is 7.92. The number of carbonyl (C=O) groups is 1. The van der Waals surface area contributed by atoms with Crippen molar-refractivity contribution in [3.63, 3.8) is 0 Å². The number of carbonyl (C=O) groups excluding carboxylic acids is 1. The van der Waals surface area contributed by atoms with Crippen molar-refractivity contribution >= 4 is 12.2 Å². The molecule has 3 fully saturated rings. The number of aliphatic hydroxyl groups excluding tert-OH is 1. The number of cyclic esters (lactones) is 1. The molecule has 3 N–H and O–H groups in total. The normalized spacial score (nSPS) is 49.1. The highest BCUT2D eigenvalue weighted by Gasteiger charge is 2.67. The molecular formula is C23H31NO5. The third-order valence-electron chi connectivity index (χ3n) is 9.30. The van der Waals surface area contributed by atoms with Crippen LogP contribution < -0.4 is 0 Å². The summed E-state index contributed by atoms with van der Waals surface area (Å²) in [6, 6.07) is 0. The van der Waals surface area contributed by atoms with Crippen LogP contribution in [0.15, 0.2) is 28.5 Å². The number of aliphatic hydroxyl groups is 2. The third-order valence-corrected chi connectivity index (χ3v) is 9.30. The van der Waals surface area contributed by atoms with Gasteiger partial charge in [-0.25, -0.2) is 4.79 Å². The van der Waals surface area contributed by atoms with Gasteiger partial charge in [-0.05, 0) is 74.7 Å². The average molecular weight is 402 g/mol. The molecule has 0 aromatic rings. The number of nitrogens with zero attached hydrogens (tertiary/aromatic N) is 1. The molecule has 0 amide bonds. The second-order valence-electron chi connectivity index (χ2n) is 10.1. The summed E-state index contributed by atoms with van der Waals surface area (Å²) in [5.74, 6) is 0.236. The monoisotopic (exact) mass is 401 g/mol. The molecule has 4 aliphatic carbocycles. The molecule has 7 atom stereocenters. The quantitative estimate of drug-likeness (QED) is 0.217. The molecule has 0 unspecified atom stereocenters. The average Bonchev–Trinajstić information content (AvgIpc) is 3.23. The second kappa shape index (κ2) is 6.42. The van der Waals surface area contributed by atoms with E-state index in [1.54, 1.807) is 12.3 Å². The summed E-state index contributed by atoms with van der Waals surface area (Å²) in [7, 11) is 0. The number of fused-ring (bicyclic) bond motifs is 5. The van der Waals surface area contributed by atoms with Gasteiger partial charge in [0.2, 0.25) is 0 Å². The van der Waals surface area contributed by atoms with Gasteiger partial charge in [-0.2, -0.15) is 0 Å². The standard InChI is InChI=1S/C23H31NO5/c1-21-7-5-18-19(3-2-15-11-16(25)4-8-22(15,18)13-24-28)23(21,27)9-6-17(21)14-10-20(26)29-12-14/h10-11,13,16-19,25,27-28H,2-9,12H2,1H3/b24-13-/t16-,17+,18-,19+,21+,22+,23+/m0/s1. The van der Waals surface area contributed by atoms with Crippen LogP contribution in [0, 0.1) is 28.6 Å². The van der Waals surface area contributed by atoms with E-state index in [4.69, 9.17) is 4.74 Å². The number of hydrogen-bond donors (Lipinski definition) is 3. The Morgan fingerprint density at radius 3 is 2.72 bits per heavy atom. The number of allylic oxidation sites excluding steroid dienone is 1. The summed E-state index contributed by atoms with van der Waals surface area (Å²) in [5, 5.41) is 35.3. The van der Waals surface area contributed by atoms with E-state index in [2.05, 4.69) is 12.1 Å². The maximum absolute atomic E-state index is 12.2. The van der Waals surface area contributed by atoms with Gasteiger partial charge < -0.3 is 20.2 Å². The van der Waals surface area contributed by atoms with Crippen LogP contribution in [-0.2, 0) is 9.53 Å². The van der Waals surface area contributed by atoms with E-state index in [1.165, 1.54) is 5.57 Å². The summed E-state index contributed by atoms with van der Waals surface area (Å²) in [6.45, 7) is 2.56. The minimum atomic E-state index is -0.801. The van der Waals surface area contributed by atoms with E-state index in [0.717, 1.165) is 50.5 Å². The van der Waals surface area contributed by atoms with Gasteiger partial charge in [-0.1, -0.05) is 18.6 Å². The molecule has 0 radical (unpaired) electrons. The Kier molecular flexibility index (Phi) is 4.27. The molecule has 158 valence electrons. The van der Waals surface area contributed by atoms with E-state index < -0.39 is 11.7 Å². The number of esters is 1. The van der Waals surface area contributed by atoms with Gasteiger partial charge in [0.05, 0.1) is 17.9 Å². The lowest BCUT2D eigenvalue weighted by Gasteiger charge is -2.61. The lowest BCUT2D eigenvalue weighted by molar-refractivity contribution is -0.175. The van der Waals surface area contributed by atoms with Gasteiger partial charge >= 0.3 is 5.97 Å². The van der Waals surface area contributed by atoms with E-state index in [1.807, 2.05) is 6.08 Å². The van der Waals surface area contributed by atoms with E-state index >= 15 is 0 Å². The Balaban J connectivity index is 1.53. The van der Waals surface area contributed by atoms with Gasteiger partial charge in [0, 0.05) is 16.9 Å². The van der Waals surface area contributed by atoms with Crippen molar-refractivity contribution in [1.29, 1.82) is 0 Å². The summed E-state index contributed by atoms with van der Waals surface area (Å²) in [5.41, 5.74) is 0.772. The first-order valence-corrected chi connectivity index (χ1v) is 11.0. The van der Waals surface area contributed by atoms with Crippen molar-refractivity contribution in [3.8, 4) is 0 Å². The Morgan fingerprint density at radius 2 is 2.00 bits per heavy atom. The second-order valence-corrected chi connectivity index (χ2v) is 10.1. The predicted molar refractivity (Wildman–Crippen MR) is 106 cm³/mol. The molecule has 6 nitrogen and oxygen atoms in total. The van der Waals surface area contributed by atoms with Gasteiger partial charge in [-0.15, -0.1) is 5.16 Å². The lowest BCUT2D eigenvalue weighted by atomic mass is 9.44. The van der Waals surface area contributed by atoms with Crippen LogP contribution in [0.1, 0.15) is 58.3 Å². The van der Waals surface area contributed by atoms with Crippen LogP contribution in [0.25, 0.3) is 0 Å². The van der Waals surface area contributed by atoms with E-state index in [0.29, 0.717) is 13.0 Å². The lowest BCUT2D eigenvalue weighted by Crippen LogP contribution is -2.61. The van der Waals surface area contributed by atoms with E-state index in [9.17, 15) is 20.2 Å². The first-order chi connectivity index (χ1) is 13.8. The SMILES string of the molecule is C[C@]12CC[C@H]3[C@@H](CCC4=C[C@@H](O)CC[C@@]43/C=N\O)[C@]1(O)CC[C@@H]2C1=CC(=O)OC1. The van der Waals surface area contributed by atoms with Crippen molar-refractivity contribution in [1.82, 2.24) is 0 Å². The Bertz CT molecular complexity index is 818. The Hall–Kier alpha value is -1.66. The molecule has 29 heavy (non-hydrogen) atoms. The molecule has 0 saturated heterocycles. The molecule has 1 heterocycles. The molecule has 1 aliphatic heterocycles. The zero-order valence-electron chi connectivity index (χ0n) is 17.0. The maximum atomic E-state index is 12.2. The Labute approximate surface area is 171 Å². The molecule has 6 heteroatoms. The van der Waals surface area contributed by atoms with Gasteiger partial charge in [0.25, 0.3) is 0 Å². The van der Waals surface area contributed by atoms with Crippen LogP contribution in [-0.4, -0.2) is 45.9 Å². The van der Waals surface area contributed by atoms with Crippen molar-refractivity contribution in [2.24, 2.45) is 33.7 Å². The van der Waals surface area contributed by atoms with Crippen LogP contribution in [0.3, 0.4) is 0 Å². The molecule has 0 bridgehead atoms. The summed E-state index contributed by atoms with van der Waals surface area (Å²) >= 11 is 0. The van der Waals surface area contributed by atoms with Gasteiger partial charge in [-0.3, -0.25) is 0 Å². The fourth-order valence-electron chi connectivity index (χ4n) is 7.92. The molecule has 5 aliphatic rings. The minimum absolute atomic E-state index is 0.121. The summed E-state index contributed by atoms with van der Waals surface area (Å²) in [6.07, 6.45) is 11.4. The first kappa shape index (κ1) is 19.3. The number of hydrogen-bond acceptors (Lipinski definition) is 6. The number of ether oxygens (including phenoxy) is 1. The molecular weight excluding hydrogens is 370 g/mol. The molecule has 3 saturated carbocycles. The molecule has 5 rings (SSSR count). The van der Waals surface area contributed by atoms with Crippen LogP contribution >= 0.6 is 0 Å². The van der Waals surface area contributed by atoms with Crippen LogP contribution in [0.5, 0.6) is 0 Å². The van der Waals surface area contributed by atoms with Crippen molar-refractivity contribution in [2.45, 2.75) is 70.0 Å². The largest absolute Gasteiger partial charge is 0.458 e. The third kappa shape index (κ3) is 2.48. The van der Waals surface area contributed by atoms with Crippen LogP contribution in [0.4, 0.5) is 0 Å². The smallest absolute Gasteiger partial charge is 0.331 e. The van der Waals surface area contributed by atoms with E-state index in [-0.39, 0.29) is 34.6 Å². The van der Waals surface area contributed by atoms with Crippen molar-refractivity contribution in [3.05, 3.63) is 23.3 Å². The van der Waals surface area contributed by atoms with Gasteiger partial charge in [0.1, 0.15) is 6.61 Å². The highest BCUT2D eigenvalue weighted by Crippen LogP contribution is 2.69. The molecule has 0 aromatic heterocycles.